The number of amides is 2. The average molecular weight is 455 g/mol. The van der Waals surface area contributed by atoms with E-state index in [1.165, 1.54) is 0 Å². The summed E-state index contributed by atoms with van der Waals surface area (Å²) in [4.78, 5) is 41.8. The second-order valence-electron chi connectivity index (χ2n) is 8.88. The number of carbonyl (C=O) groups is 2. The van der Waals surface area contributed by atoms with E-state index >= 15 is 0 Å². The lowest BCUT2D eigenvalue weighted by Gasteiger charge is -2.37. The van der Waals surface area contributed by atoms with E-state index in [0.717, 1.165) is 56.5 Å². The molecule has 4 heterocycles. The second kappa shape index (κ2) is 9.02. The fourth-order valence-electron chi connectivity index (χ4n) is 4.73. The number of carbonyl (C=O) groups excluding carboxylic acids is 2. The molecule has 168 valence electrons. The predicted molar refractivity (Wildman–Crippen MR) is 122 cm³/mol. The number of rotatable bonds is 5. The van der Waals surface area contributed by atoms with Gasteiger partial charge in [-0.15, -0.1) is 0 Å². The molecule has 0 aromatic carbocycles. The molecule has 1 aliphatic carbocycles. The van der Waals surface area contributed by atoms with Crippen LogP contribution in [0.3, 0.4) is 0 Å². The Morgan fingerprint density at radius 2 is 1.97 bits per heavy atom. The van der Waals surface area contributed by atoms with Crippen molar-refractivity contribution in [1.29, 1.82) is 0 Å². The van der Waals surface area contributed by atoms with Crippen molar-refractivity contribution in [2.75, 3.05) is 29.9 Å². The molecular formula is C23H27ClN6O2. The first-order chi connectivity index (χ1) is 15.6. The molecule has 1 atom stereocenters. The zero-order valence-electron chi connectivity index (χ0n) is 18.0. The summed E-state index contributed by atoms with van der Waals surface area (Å²) >= 11 is 6.48. The zero-order chi connectivity index (χ0) is 22.1. The molecule has 2 aromatic rings. The average Bonchev–Trinajstić information content (AvgIpc) is 3.20. The summed E-state index contributed by atoms with van der Waals surface area (Å²) in [7, 11) is 0. The summed E-state index contributed by atoms with van der Waals surface area (Å²) < 4.78 is 0. The molecular weight excluding hydrogens is 428 g/mol. The SMILES string of the molecule is O=C(C1CCC1)N1CCCC(c2nc(Nc3cncc(N4CCCC4=O)c3)ncc2Cl)C1. The largest absolute Gasteiger partial charge is 0.342 e. The van der Waals surface area contributed by atoms with Crippen LogP contribution in [0.15, 0.2) is 24.7 Å². The molecule has 0 bridgehead atoms. The summed E-state index contributed by atoms with van der Waals surface area (Å²) in [5.41, 5.74) is 2.25. The van der Waals surface area contributed by atoms with Crippen LogP contribution in [0.2, 0.25) is 5.02 Å². The molecule has 1 unspecified atom stereocenters. The summed E-state index contributed by atoms with van der Waals surface area (Å²) in [5, 5.41) is 3.72. The highest BCUT2D eigenvalue weighted by atomic mass is 35.5. The van der Waals surface area contributed by atoms with Crippen molar-refractivity contribution in [1.82, 2.24) is 19.9 Å². The van der Waals surface area contributed by atoms with Gasteiger partial charge in [0, 0.05) is 37.9 Å². The monoisotopic (exact) mass is 454 g/mol. The van der Waals surface area contributed by atoms with E-state index in [4.69, 9.17) is 16.6 Å². The summed E-state index contributed by atoms with van der Waals surface area (Å²) in [5.74, 6) is 1.12. The van der Waals surface area contributed by atoms with Gasteiger partial charge in [-0.1, -0.05) is 18.0 Å². The third-order valence-electron chi connectivity index (χ3n) is 6.71. The minimum absolute atomic E-state index is 0.0931. The number of likely N-dealkylation sites (tertiary alicyclic amines) is 1. The number of anilines is 3. The normalized spacial score (nSPS) is 21.5. The number of hydrogen-bond donors (Lipinski definition) is 1. The van der Waals surface area contributed by atoms with Crippen LogP contribution >= 0.6 is 11.6 Å². The van der Waals surface area contributed by atoms with Gasteiger partial charge in [-0.3, -0.25) is 14.6 Å². The maximum atomic E-state index is 12.7. The van der Waals surface area contributed by atoms with E-state index in [1.54, 1.807) is 23.5 Å². The number of pyridine rings is 1. The van der Waals surface area contributed by atoms with Gasteiger partial charge in [-0.25, -0.2) is 9.97 Å². The summed E-state index contributed by atoms with van der Waals surface area (Å²) in [6, 6.07) is 1.88. The summed E-state index contributed by atoms with van der Waals surface area (Å²) in [6.07, 6.45) is 11.5. The topological polar surface area (TPSA) is 91.3 Å². The van der Waals surface area contributed by atoms with Gasteiger partial charge in [0.15, 0.2) is 0 Å². The molecule has 2 aliphatic heterocycles. The van der Waals surface area contributed by atoms with Crippen molar-refractivity contribution < 1.29 is 9.59 Å². The minimum atomic E-state index is 0.0931. The Bertz CT molecular complexity index is 1030. The highest BCUT2D eigenvalue weighted by molar-refractivity contribution is 6.31. The molecule has 0 spiro atoms. The van der Waals surface area contributed by atoms with Crippen molar-refractivity contribution in [3.8, 4) is 0 Å². The fourth-order valence-corrected chi connectivity index (χ4v) is 4.98. The second-order valence-corrected chi connectivity index (χ2v) is 9.29. The molecule has 1 N–H and O–H groups in total. The number of nitrogens with one attached hydrogen (secondary N) is 1. The molecule has 2 saturated heterocycles. The third kappa shape index (κ3) is 4.28. The number of piperidine rings is 1. The van der Waals surface area contributed by atoms with E-state index in [0.29, 0.717) is 36.2 Å². The first-order valence-corrected chi connectivity index (χ1v) is 11.8. The molecule has 3 fully saturated rings. The Kier molecular flexibility index (Phi) is 5.95. The quantitative estimate of drug-likeness (QED) is 0.736. The third-order valence-corrected chi connectivity index (χ3v) is 7.00. The Morgan fingerprint density at radius 3 is 2.72 bits per heavy atom. The van der Waals surface area contributed by atoms with Crippen molar-refractivity contribution in [2.24, 2.45) is 5.92 Å². The lowest BCUT2D eigenvalue weighted by Crippen LogP contribution is -2.44. The Morgan fingerprint density at radius 1 is 1.09 bits per heavy atom. The molecule has 32 heavy (non-hydrogen) atoms. The van der Waals surface area contributed by atoms with Crippen LogP contribution in [0.1, 0.15) is 56.6 Å². The van der Waals surface area contributed by atoms with Gasteiger partial charge in [0.2, 0.25) is 17.8 Å². The van der Waals surface area contributed by atoms with E-state index in [1.807, 2.05) is 11.0 Å². The highest BCUT2D eigenvalue weighted by Gasteiger charge is 2.33. The molecule has 2 amide bonds. The Balaban J connectivity index is 1.32. The van der Waals surface area contributed by atoms with Gasteiger partial charge in [-0.05, 0) is 38.2 Å². The number of hydrogen-bond acceptors (Lipinski definition) is 6. The Labute approximate surface area is 192 Å². The molecule has 9 heteroatoms. The van der Waals surface area contributed by atoms with E-state index in [-0.39, 0.29) is 23.7 Å². The minimum Gasteiger partial charge on any atom is -0.342 e. The number of nitrogens with zero attached hydrogens (tertiary/aromatic N) is 5. The molecule has 8 nitrogen and oxygen atoms in total. The van der Waals surface area contributed by atoms with Crippen molar-refractivity contribution in [2.45, 2.75) is 50.9 Å². The maximum Gasteiger partial charge on any atom is 0.227 e. The van der Waals surface area contributed by atoms with Gasteiger partial charge < -0.3 is 15.1 Å². The van der Waals surface area contributed by atoms with Crippen molar-refractivity contribution >= 4 is 40.7 Å². The van der Waals surface area contributed by atoms with Gasteiger partial charge in [0.05, 0.1) is 40.7 Å². The first kappa shape index (κ1) is 21.1. The molecule has 2 aromatic heterocycles. The van der Waals surface area contributed by atoms with Crippen LogP contribution in [-0.2, 0) is 9.59 Å². The fraction of sp³-hybridized carbons (Fsp3) is 0.522. The highest BCUT2D eigenvalue weighted by Crippen LogP contribution is 2.34. The van der Waals surface area contributed by atoms with Gasteiger partial charge in [0.1, 0.15) is 0 Å². The standard InChI is InChI=1S/C23H27ClN6O2/c24-19-13-26-23(27-17-10-18(12-25-11-17)30-9-3-7-20(30)31)28-21(19)16-6-2-8-29(14-16)22(32)15-4-1-5-15/h10-13,15-16H,1-9,14H2,(H,26,27,28). The van der Waals surface area contributed by atoms with Crippen LogP contribution in [0.25, 0.3) is 0 Å². The lowest BCUT2D eigenvalue weighted by atomic mass is 9.83. The predicted octanol–water partition coefficient (Wildman–Crippen LogP) is 3.90. The van der Waals surface area contributed by atoms with Crippen LogP contribution < -0.4 is 10.2 Å². The summed E-state index contributed by atoms with van der Waals surface area (Å²) in [6.45, 7) is 2.18. The van der Waals surface area contributed by atoms with Crippen molar-refractivity contribution in [3.05, 3.63) is 35.4 Å². The van der Waals surface area contributed by atoms with Crippen LogP contribution in [0.5, 0.6) is 0 Å². The number of halogens is 1. The van der Waals surface area contributed by atoms with Crippen molar-refractivity contribution in [3.63, 3.8) is 0 Å². The number of aromatic nitrogens is 3. The molecule has 3 aliphatic rings. The van der Waals surface area contributed by atoms with Crippen LogP contribution in [0, 0.1) is 5.92 Å². The van der Waals surface area contributed by atoms with E-state index < -0.39 is 0 Å². The zero-order valence-corrected chi connectivity index (χ0v) is 18.7. The van der Waals surface area contributed by atoms with E-state index in [9.17, 15) is 9.59 Å². The lowest BCUT2D eigenvalue weighted by molar-refractivity contribution is -0.139. The molecule has 5 rings (SSSR count). The van der Waals surface area contributed by atoms with Crippen LogP contribution in [0.4, 0.5) is 17.3 Å². The van der Waals surface area contributed by atoms with E-state index in [2.05, 4.69) is 15.3 Å². The van der Waals surface area contributed by atoms with Gasteiger partial charge in [0.25, 0.3) is 0 Å². The first-order valence-electron chi connectivity index (χ1n) is 11.4. The van der Waals surface area contributed by atoms with Crippen LogP contribution in [-0.4, -0.2) is 51.3 Å². The maximum absolute atomic E-state index is 12.7. The molecule has 1 saturated carbocycles. The van der Waals surface area contributed by atoms with Gasteiger partial charge >= 0.3 is 0 Å². The smallest absolute Gasteiger partial charge is 0.227 e. The molecule has 0 radical (unpaired) electrons. The van der Waals surface area contributed by atoms with Gasteiger partial charge in [-0.2, -0.15) is 0 Å². The Hall–Kier alpha value is -2.74.